The standard InChI is InChI=1S/C17H12N5OS/c23-14-7-5-12(6-8-14)9-19-17-21-15(13-3-1-2-4-13)16(24-17)22-11-18-10-20-22/h1-11,23H/b19-9+. The SMILES string of the molecule is Oc1ccc(/C=N/c2nc([C]3[CH][CH][CH][CH]3)c(-n3cncn3)s2)cc1. The molecule has 0 atom stereocenters. The van der Waals surface area contributed by atoms with Crippen LogP contribution in [0.2, 0.25) is 0 Å². The van der Waals surface area contributed by atoms with Crippen LogP contribution in [0.15, 0.2) is 41.9 Å². The third-order valence-corrected chi connectivity index (χ3v) is 4.33. The topological polar surface area (TPSA) is 76.2 Å². The fraction of sp³-hybridized carbons (Fsp3) is 0. The fourth-order valence-electron chi connectivity index (χ4n) is 2.23. The summed E-state index contributed by atoms with van der Waals surface area (Å²) in [6.07, 6.45) is 12.8. The van der Waals surface area contributed by atoms with E-state index in [0.29, 0.717) is 5.13 Å². The highest BCUT2D eigenvalue weighted by Gasteiger charge is 2.26. The number of hydrogen-bond acceptors (Lipinski definition) is 6. The minimum Gasteiger partial charge on any atom is -0.508 e. The first kappa shape index (κ1) is 15.0. The van der Waals surface area contributed by atoms with Crippen molar-refractivity contribution in [2.24, 2.45) is 4.99 Å². The van der Waals surface area contributed by atoms with Gasteiger partial charge in [-0.05, 0) is 55.5 Å². The Morgan fingerprint density at radius 3 is 2.62 bits per heavy atom. The minimum atomic E-state index is 0.230. The van der Waals surface area contributed by atoms with Crippen LogP contribution in [0.1, 0.15) is 11.3 Å². The van der Waals surface area contributed by atoms with Gasteiger partial charge in [0, 0.05) is 12.1 Å². The van der Waals surface area contributed by atoms with Crippen molar-refractivity contribution in [3.05, 3.63) is 79.8 Å². The number of phenols is 1. The molecule has 1 aliphatic rings. The largest absolute Gasteiger partial charge is 0.508 e. The van der Waals surface area contributed by atoms with Gasteiger partial charge in [0.1, 0.15) is 23.4 Å². The molecule has 1 aromatic carbocycles. The van der Waals surface area contributed by atoms with Crippen molar-refractivity contribution >= 4 is 22.7 Å². The Kier molecular flexibility index (Phi) is 4.08. The average Bonchev–Trinajstić information content (AvgIpc) is 3.33. The van der Waals surface area contributed by atoms with Crippen molar-refractivity contribution < 1.29 is 5.11 Å². The molecular formula is C17H12N5OS. The molecule has 6 nitrogen and oxygen atoms in total. The van der Waals surface area contributed by atoms with E-state index in [1.165, 1.54) is 17.7 Å². The van der Waals surface area contributed by atoms with Gasteiger partial charge in [0.05, 0.1) is 5.69 Å². The number of aliphatic imine (C=N–C) groups is 1. The molecule has 1 N–H and O–H groups in total. The zero-order valence-electron chi connectivity index (χ0n) is 12.4. The molecule has 1 fully saturated rings. The van der Waals surface area contributed by atoms with E-state index in [-0.39, 0.29) is 5.75 Å². The monoisotopic (exact) mass is 334 g/mol. The second kappa shape index (κ2) is 6.52. The van der Waals surface area contributed by atoms with E-state index in [1.54, 1.807) is 41.5 Å². The lowest BCUT2D eigenvalue weighted by molar-refractivity contribution is 0.475. The lowest BCUT2D eigenvalue weighted by Gasteiger charge is -2.06. The highest BCUT2D eigenvalue weighted by atomic mass is 32.1. The molecule has 3 aromatic rings. The van der Waals surface area contributed by atoms with E-state index >= 15 is 0 Å². The summed E-state index contributed by atoms with van der Waals surface area (Å²) in [5, 5.41) is 15.0. The summed E-state index contributed by atoms with van der Waals surface area (Å²) in [5.74, 6) is 1.25. The Balaban J connectivity index is 1.66. The van der Waals surface area contributed by atoms with Gasteiger partial charge in [0.25, 0.3) is 0 Å². The first-order chi connectivity index (χ1) is 11.8. The van der Waals surface area contributed by atoms with E-state index in [0.717, 1.165) is 22.2 Å². The molecule has 2 heterocycles. The normalized spacial score (nSPS) is 15.5. The maximum absolute atomic E-state index is 9.32. The Labute approximate surface area is 143 Å². The first-order valence-corrected chi connectivity index (χ1v) is 8.02. The van der Waals surface area contributed by atoms with Crippen molar-refractivity contribution in [2.45, 2.75) is 0 Å². The number of phenolic OH excluding ortho intramolecular Hbond substituents is 1. The van der Waals surface area contributed by atoms with Gasteiger partial charge in [-0.2, -0.15) is 5.10 Å². The van der Waals surface area contributed by atoms with Gasteiger partial charge in [-0.1, -0.05) is 11.3 Å². The van der Waals surface area contributed by atoms with E-state index in [1.807, 2.05) is 25.7 Å². The van der Waals surface area contributed by atoms with Gasteiger partial charge in [-0.3, -0.25) is 0 Å². The number of rotatable bonds is 4. The van der Waals surface area contributed by atoms with Crippen LogP contribution >= 0.6 is 11.3 Å². The van der Waals surface area contributed by atoms with E-state index < -0.39 is 0 Å². The van der Waals surface area contributed by atoms with Crippen LogP contribution < -0.4 is 0 Å². The molecule has 0 amide bonds. The predicted octanol–water partition coefficient (Wildman–Crippen LogP) is 2.93. The van der Waals surface area contributed by atoms with Gasteiger partial charge >= 0.3 is 0 Å². The summed E-state index contributed by atoms with van der Waals surface area (Å²) in [4.78, 5) is 13.1. The number of nitrogens with zero attached hydrogens (tertiary/aromatic N) is 5. The van der Waals surface area contributed by atoms with E-state index in [9.17, 15) is 5.11 Å². The van der Waals surface area contributed by atoms with Gasteiger partial charge in [-0.25, -0.2) is 19.6 Å². The van der Waals surface area contributed by atoms with Crippen LogP contribution in [0.3, 0.4) is 0 Å². The molecule has 1 aliphatic carbocycles. The van der Waals surface area contributed by atoms with Gasteiger partial charge < -0.3 is 5.11 Å². The van der Waals surface area contributed by atoms with E-state index in [4.69, 9.17) is 0 Å². The maximum atomic E-state index is 9.32. The van der Waals surface area contributed by atoms with Crippen molar-refractivity contribution in [2.75, 3.05) is 0 Å². The van der Waals surface area contributed by atoms with Crippen molar-refractivity contribution in [3.8, 4) is 10.8 Å². The molecule has 0 saturated heterocycles. The Morgan fingerprint density at radius 1 is 1.12 bits per heavy atom. The number of benzene rings is 1. The molecule has 4 rings (SSSR count). The first-order valence-electron chi connectivity index (χ1n) is 7.20. The van der Waals surface area contributed by atoms with E-state index in [2.05, 4.69) is 20.1 Å². The summed E-state index contributed by atoms with van der Waals surface area (Å²) >= 11 is 1.44. The third kappa shape index (κ3) is 3.07. The number of thiazole rings is 1. The van der Waals surface area contributed by atoms with Crippen LogP contribution in [0.25, 0.3) is 5.00 Å². The quantitative estimate of drug-likeness (QED) is 0.744. The molecule has 0 unspecified atom stereocenters. The van der Waals surface area contributed by atoms with Crippen LogP contribution in [0.5, 0.6) is 5.75 Å². The molecule has 7 heteroatoms. The number of aromatic nitrogens is 4. The summed E-state index contributed by atoms with van der Waals surface area (Å²) in [6.45, 7) is 0. The van der Waals surface area contributed by atoms with Crippen LogP contribution in [-0.4, -0.2) is 31.1 Å². The molecule has 24 heavy (non-hydrogen) atoms. The number of hydrogen-bond donors (Lipinski definition) is 1. The Bertz CT molecular complexity index is 833. The third-order valence-electron chi connectivity index (χ3n) is 3.38. The van der Waals surface area contributed by atoms with Gasteiger partial charge in [0.15, 0.2) is 0 Å². The van der Waals surface area contributed by atoms with Gasteiger partial charge in [-0.15, -0.1) is 0 Å². The molecule has 2 aromatic heterocycles. The van der Waals surface area contributed by atoms with Crippen LogP contribution in [0, 0.1) is 31.6 Å². The highest BCUT2D eigenvalue weighted by Crippen LogP contribution is 2.38. The maximum Gasteiger partial charge on any atom is 0.211 e. The van der Waals surface area contributed by atoms with Crippen LogP contribution in [0.4, 0.5) is 5.13 Å². The molecular weight excluding hydrogens is 322 g/mol. The molecule has 1 saturated carbocycles. The smallest absolute Gasteiger partial charge is 0.211 e. The Hall–Kier alpha value is -2.54. The van der Waals surface area contributed by atoms with Crippen molar-refractivity contribution in [1.82, 2.24) is 19.7 Å². The summed E-state index contributed by atoms with van der Waals surface area (Å²) < 4.78 is 1.69. The summed E-state index contributed by atoms with van der Waals surface area (Å²) in [6, 6.07) is 6.84. The van der Waals surface area contributed by atoms with Crippen molar-refractivity contribution in [3.63, 3.8) is 0 Å². The molecule has 0 spiro atoms. The number of aromatic hydroxyl groups is 1. The highest BCUT2D eigenvalue weighted by molar-refractivity contribution is 7.18. The lowest BCUT2D eigenvalue weighted by Crippen LogP contribution is -2.02. The summed E-state index contributed by atoms with van der Waals surface area (Å²) in [7, 11) is 0. The molecule has 117 valence electrons. The zero-order chi connectivity index (χ0) is 16.4. The van der Waals surface area contributed by atoms with Crippen LogP contribution in [-0.2, 0) is 0 Å². The average molecular weight is 334 g/mol. The Morgan fingerprint density at radius 2 is 1.92 bits per heavy atom. The lowest BCUT2D eigenvalue weighted by atomic mass is 10.1. The molecule has 5 radical (unpaired) electrons. The second-order valence-electron chi connectivity index (χ2n) is 5.01. The molecule has 0 bridgehead atoms. The zero-order valence-corrected chi connectivity index (χ0v) is 13.3. The second-order valence-corrected chi connectivity index (χ2v) is 5.97. The summed E-state index contributed by atoms with van der Waals surface area (Å²) in [5.41, 5.74) is 1.72. The minimum absolute atomic E-state index is 0.230. The predicted molar refractivity (Wildman–Crippen MR) is 91.9 cm³/mol. The fourth-order valence-corrected chi connectivity index (χ4v) is 3.10. The van der Waals surface area contributed by atoms with Crippen molar-refractivity contribution in [1.29, 1.82) is 0 Å². The van der Waals surface area contributed by atoms with Gasteiger partial charge in [0.2, 0.25) is 5.13 Å². The molecule has 0 aliphatic heterocycles.